The van der Waals surface area contributed by atoms with Crippen LogP contribution in [0.5, 0.6) is 0 Å². The molecule has 0 atom stereocenters. The number of carbonyl (C=O) groups is 2. The Hall–Kier alpha value is -2.88. The van der Waals surface area contributed by atoms with Gasteiger partial charge in [-0.3, -0.25) is 10.1 Å². The van der Waals surface area contributed by atoms with Gasteiger partial charge in [-0.05, 0) is 12.5 Å². The Morgan fingerprint density at radius 1 is 0.955 bits per heavy atom. The van der Waals surface area contributed by atoms with Crippen molar-refractivity contribution in [2.24, 2.45) is 0 Å². The molecule has 0 aliphatic rings. The zero-order valence-corrected chi connectivity index (χ0v) is 12.3. The number of nitrogens with one attached hydrogen (secondary N) is 1. The molecule has 0 saturated carbocycles. The van der Waals surface area contributed by atoms with Crippen LogP contribution >= 0.6 is 0 Å². The molecule has 0 unspecified atom stereocenters. The van der Waals surface area contributed by atoms with Crippen molar-refractivity contribution in [1.29, 1.82) is 0 Å². The van der Waals surface area contributed by atoms with Crippen LogP contribution in [0.3, 0.4) is 0 Å². The first-order chi connectivity index (χ1) is 10.7. The highest BCUT2D eigenvalue weighted by atomic mass is 16.5. The summed E-state index contributed by atoms with van der Waals surface area (Å²) in [5, 5.41) is 2.61. The van der Waals surface area contributed by atoms with E-state index in [0.717, 1.165) is 5.56 Å². The van der Waals surface area contributed by atoms with Crippen LogP contribution in [0.4, 0.5) is 4.79 Å². The van der Waals surface area contributed by atoms with E-state index in [1.54, 1.807) is 31.2 Å². The van der Waals surface area contributed by atoms with Crippen molar-refractivity contribution in [1.82, 2.24) is 5.32 Å². The molecule has 22 heavy (non-hydrogen) atoms. The topological polar surface area (TPSA) is 55.4 Å². The van der Waals surface area contributed by atoms with Crippen LogP contribution in [-0.4, -0.2) is 18.5 Å². The number of hydrogen-bond donors (Lipinski definition) is 1. The first kappa shape index (κ1) is 15.5. The largest absolute Gasteiger partial charge is 0.450 e. The van der Waals surface area contributed by atoms with Crippen molar-refractivity contribution in [2.45, 2.75) is 6.92 Å². The number of benzene rings is 2. The standard InChI is InChI=1S/C18H17NO3/c1-2-22-18(21)19-16(14-9-5-3-6-10-14)13-17(20)15-11-7-4-8-12-15/h3-13H,2H2,1H3,(H,19,21)/b16-13-. The first-order valence-corrected chi connectivity index (χ1v) is 7.01. The molecule has 4 heteroatoms. The van der Waals surface area contributed by atoms with Gasteiger partial charge in [-0.15, -0.1) is 0 Å². The van der Waals surface area contributed by atoms with Crippen molar-refractivity contribution < 1.29 is 14.3 Å². The van der Waals surface area contributed by atoms with E-state index in [-0.39, 0.29) is 12.4 Å². The molecule has 112 valence electrons. The van der Waals surface area contributed by atoms with Gasteiger partial charge in [0.2, 0.25) is 0 Å². The maximum atomic E-state index is 12.3. The molecule has 0 heterocycles. The van der Waals surface area contributed by atoms with Gasteiger partial charge in [0.15, 0.2) is 5.78 Å². The van der Waals surface area contributed by atoms with E-state index < -0.39 is 6.09 Å². The monoisotopic (exact) mass is 295 g/mol. The lowest BCUT2D eigenvalue weighted by Crippen LogP contribution is -2.23. The SMILES string of the molecule is CCOC(=O)N/C(=C\C(=O)c1ccccc1)c1ccccc1. The number of ketones is 1. The summed E-state index contributed by atoms with van der Waals surface area (Å²) in [7, 11) is 0. The minimum atomic E-state index is -0.585. The Balaban J connectivity index is 2.29. The highest BCUT2D eigenvalue weighted by Crippen LogP contribution is 2.13. The predicted octanol–water partition coefficient (Wildman–Crippen LogP) is 3.66. The lowest BCUT2D eigenvalue weighted by atomic mass is 10.1. The molecule has 0 aliphatic carbocycles. The minimum Gasteiger partial charge on any atom is -0.450 e. The molecule has 0 fully saturated rings. The van der Waals surface area contributed by atoms with E-state index in [9.17, 15) is 9.59 Å². The van der Waals surface area contributed by atoms with Gasteiger partial charge >= 0.3 is 6.09 Å². The number of amides is 1. The average molecular weight is 295 g/mol. The Labute approximate surface area is 129 Å². The van der Waals surface area contributed by atoms with E-state index >= 15 is 0 Å². The summed E-state index contributed by atoms with van der Waals surface area (Å²) in [6.45, 7) is 1.99. The van der Waals surface area contributed by atoms with E-state index in [1.165, 1.54) is 6.08 Å². The Kier molecular flexibility index (Phi) is 5.49. The van der Waals surface area contributed by atoms with Crippen molar-refractivity contribution in [3.05, 3.63) is 77.9 Å². The number of alkyl carbamates (subject to hydrolysis) is 1. The molecule has 2 aromatic carbocycles. The highest BCUT2D eigenvalue weighted by molar-refractivity contribution is 6.09. The van der Waals surface area contributed by atoms with E-state index in [1.807, 2.05) is 36.4 Å². The van der Waals surface area contributed by atoms with Crippen LogP contribution in [0.1, 0.15) is 22.8 Å². The second-order valence-corrected chi connectivity index (χ2v) is 4.50. The molecular formula is C18H17NO3. The van der Waals surface area contributed by atoms with Gasteiger partial charge in [0.1, 0.15) is 0 Å². The van der Waals surface area contributed by atoms with Crippen LogP contribution in [-0.2, 0) is 4.74 Å². The molecule has 1 amide bonds. The fourth-order valence-corrected chi connectivity index (χ4v) is 1.90. The lowest BCUT2D eigenvalue weighted by molar-refractivity contribution is 0.104. The molecule has 0 spiro atoms. The number of carbonyl (C=O) groups excluding carboxylic acids is 2. The van der Waals surface area contributed by atoms with Crippen LogP contribution in [0.15, 0.2) is 66.7 Å². The first-order valence-electron chi connectivity index (χ1n) is 7.01. The summed E-state index contributed by atoms with van der Waals surface area (Å²) in [6.07, 6.45) is 0.820. The molecule has 0 aromatic heterocycles. The quantitative estimate of drug-likeness (QED) is 0.676. The van der Waals surface area contributed by atoms with Crippen LogP contribution in [0, 0.1) is 0 Å². The highest BCUT2D eigenvalue weighted by Gasteiger charge is 2.10. The Bertz CT molecular complexity index is 663. The zero-order valence-electron chi connectivity index (χ0n) is 12.3. The summed E-state index contributed by atoms with van der Waals surface area (Å²) in [4.78, 5) is 24.0. The van der Waals surface area contributed by atoms with Gasteiger partial charge in [-0.2, -0.15) is 0 Å². The maximum Gasteiger partial charge on any atom is 0.411 e. The molecule has 0 saturated heterocycles. The summed E-state index contributed by atoms with van der Waals surface area (Å²) in [6, 6.07) is 18.1. The Morgan fingerprint density at radius 2 is 1.50 bits per heavy atom. The summed E-state index contributed by atoms with van der Waals surface area (Å²) < 4.78 is 4.88. The van der Waals surface area contributed by atoms with Gasteiger partial charge in [-0.25, -0.2) is 4.79 Å². The molecule has 4 nitrogen and oxygen atoms in total. The second kappa shape index (κ2) is 7.78. The predicted molar refractivity (Wildman–Crippen MR) is 85.3 cm³/mol. The van der Waals surface area contributed by atoms with Crippen LogP contribution in [0.2, 0.25) is 0 Å². The van der Waals surface area contributed by atoms with Crippen LogP contribution < -0.4 is 5.32 Å². The maximum absolute atomic E-state index is 12.3. The summed E-state index contributed by atoms with van der Waals surface area (Å²) in [5.74, 6) is -0.184. The van der Waals surface area contributed by atoms with Gasteiger partial charge in [0.25, 0.3) is 0 Å². The van der Waals surface area contributed by atoms with Gasteiger partial charge in [0, 0.05) is 11.6 Å². The molecule has 2 rings (SSSR count). The normalized spacial score (nSPS) is 10.9. The fraction of sp³-hybridized carbons (Fsp3) is 0.111. The van der Waals surface area contributed by atoms with Crippen molar-refractivity contribution in [3.63, 3.8) is 0 Å². The molecule has 0 radical (unpaired) electrons. The van der Waals surface area contributed by atoms with Crippen molar-refractivity contribution in [2.75, 3.05) is 6.61 Å². The zero-order chi connectivity index (χ0) is 15.8. The third kappa shape index (κ3) is 4.31. The molecule has 0 aliphatic heterocycles. The van der Waals surface area contributed by atoms with Gasteiger partial charge in [0.05, 0.1) is 12.3 Å². The fourth-order valence-electron chi connectivity index (χ4n) is 1.90. The molecule has 1 N–H and O–H groups in total. The van der Waals surface area contributed by atoms with E-state index in [2.05, 4.69) is 5.32 Å². The third-order valence-corrected chi connectivity index (χ3v) is 2.93. The summed E-state index contributed by atoms with van der Waals surface area (Å²) in [5.41, 5.74) is 1.70. The minimum absolute atomic E-state index is 0.184. The molecular weight excluding hydrogens is 278 g/mol. The van der Waals surface area contributed by atoms with E-state index in [0.29, 0.717) is 11.3 Å². The number of ether oxygens (including phenoxy) is 1. The van der Waals surface area contributed by atoms with Gasteiger partial charge in [-0.1, -0.05) is 60.7 Å². The van der Waals surface area contributed by atoms with Crippen molar-refractivity contribution in [3.8, 4) is 0 Å². The lowest BCUT2D eigenvalue weighted by Gasteiger charge is -2.10. The second-order valence-electron chi connectivity index (χ2n) is 4.50. The average Bonchev–Trinajstić information content (AvgIpc) is 2.56. The number of rotatable bonds is 5. The third-order valence-electron chi connectivity index (χ3n) is 2.93. The van der Waals surface area contributed by atoms with Crippen LogP contribution in [0.25, 0.3) is 5.70 Å². The number of allylic oxidation sites excluding steroid dienone is 1. The van der Waals surface area contributed by atoms with Gasteiger partial charge < -0.3 is 4.74 Å². The van der Waals surface area contributed by atoms with E-state index in [4.69, 9.17) is 4.74 Å². The molecule has 0 bridgehead atoms. The Morgan fingerprint density at radius 3 is 2.05 bits per heavy atom. The van der Waals surface area contributed by atoms with Crippen molar-refractivity contribution >= 4 is 17.6 Å². The number of hydrogen-bond acceptors (Lipinski definition) is 3. The smallest absolute Gasteiger partial charge is 0.411 e. The summed E-state index contributed by atoms with van der Waals surface area (Å²) >= 11 is 0. The molecule has 2 aromatic rings.